The number of rotatable bonds is 12. The molecule has 50 heavy (non-hydrogen) atoms. The van der Waals surface area contributed by atoms with Gasteiger partial charge in [-0.3, -0.25) is 9.13 Å². The molecule has 0 aromatic heterocycles. The van der Waals surface area contributed by atoms with Crippen molar-refractivity contribution in [3.63, 3.8) is 0 Å². The molecule has 0 amide bonds. The summed E-state index contributed by atoms with van der Waals surface area (Å²) in [5.74, 6) is 0.210. The van der Waals surface area contributed by atoms with Crippen molar-refractivity contribution in [2.45, 2.75) is 66.8 Å². The van der Waals surface area contributed by atoms with E-state index in [4.69, 9.17) is 34.1 Å². The maximum Gasteiger partial charge on any atom is 1.00 e. The van der Waals surface area contributed by atoms with Crippen LogP contribution in [0.3, 0.4) is 0 Å². The van der Waals surface area contributed by atoms with Gasteiger partial charge in [-0.05, 0) is 53.5 Å². The molecule has 264 valence electrons. The summed E-state index contributed by atoms with van der Waals surface area (Å²) in [6.07, 6.45) is 0. The van der Waals surface area contributed by atoms with Crippen LogP contribution in [0.5, 0.6) is 11.5 Å². The Bertz CT molecular complexity index is 1380. The number of hydrogen-bond donors (Lipinski definition) is 3. The van der Waals surface area contributed by atoms with E-state index in [-0.39, 0.29) is 153 Å². The van der Waals surface area contributed by atoms with E-state index in [1.165, 1.54) is 31.4 Å². The van der Waals surface area contributed by atoms with Gasteiger partial charge in [-0.15, -0.1) is 0 Å². The molecule has 2 aromatic carbocycles. The Labute approximate surface area is 385 Å². The summed E-state index contributed by atoms with van der Waals surface area (Å²) < 4.78 is 42.0. The van der Waals surface area contributed by atoms with E-state index in [1.54, 1.807) is 25.3 Å². The number of methoxy groups -OCH3 is 2. The van der Waals surface area contributed by atoms with Crippen molar-refractivity contribution in [1.29, 1.82) is 0 Å². The van der Waals surface area contributed by atoms with E-state index in [9.17, 15) is 18.9 Å². The predicted octanol–water partition coefficient (Wildman–Crippen LogP) is -1.61. The van der Waals surface area contributed by atoms with Crippen LogP contribution in [0.2, 0.25) is 0 Å². The third-order valence-electron chi connectivity index (χ3n) is 7.28. The van der Waals surface area contributed by atoms with Crippen molar-refractivity contribution in [2.75, 3.05) is 21.3 Å². The number of aliphatic hydroxyl groups excluding tert-OH is 1. The van der Waals surface area contributed by atoms with Crippen LogP contribution in [0.1, 0.15) is 66.5 Å². The van der Waals surface area contributed by atoms with Gasteiger partial charge in [0.05, 0.1) is 7.11 Å². The van der Waals surface area contributed by atoms with Gasteiger partial charge in [-0.1, -0.05) is 79.7 Å². The zero-order valence-corrected chi connectivity index (χ0v) is 42.0. The van der Waals surface area contributed by atoms with Gasteiger partial charge in [-0.25, -0.2) is 4.89 Å². The van der Waals surface area contributed by atoms with Gasteiger partial charge in [0.25, 0.3) is 5.79 Å². The molecular formula is C31H48Na4O13P2. The quantitative estimate of drug-likeness (QED) is 0.0964. The molecule has 3 N–H and O–H groups in total. The number of ether oxygens (including phenoxy) is 2. The zero-order valence-electron chi connectivity index (χ0n) is 32.2. The van der Waals surface area contributed by atoms with Crippen molar-refractivity contribution < 1.29 is 121 Å². The molecule has 1 saturated heterocycles. The average molecular weight is 783 g/mol. The topological polar surface area (TPSA) is 196 Å². The number of phosphoric ester groups is 2. The standard InChI is InChI=1S/C15H23O7P.C15H23O5P.CH4O.4Na/c1-10(2)14(11(3)4)15(19-5,22-21-14)12-7-6-8-13(9-12)20-23(16,17)18;1-10(2)14(11(3)4)15(19-5)12-7-6-8-13(9-12)20-21(16,17)18;1-2;;;;/h6-11H,1-5H3,(H2,16,17,18);6-11H,1-5H3,(H2,16,17,18);2H,1H3;;;;/q;;;;;2*+1/p-2. The fourth-order valence-electron chi connectivity index (χ4n) is 5.73. The molecule has 1 aliphatic heterocycles. The molecule has 1 heterocycles. The van der Waals surface area contributed by atoms with Crippen molar-refractivity contribution >= 4 is 80.5 Å². The molecule has 1 fully saturated rings. The molecule has 0 bridgehead atoms. The van der Waals surface area contributed by atoms with Crippen LogP contribution in [0.25, 0.3) is 5.76 Å². The Kier molecular flexibility index (Phi) is 30.1. The number of allylic oxidation sites excluding steroid dienone is 1. The van der Waals surface area contributed by atoms with E-state index in [0.29, 0.717) is 16.9 Å². The molecule has 3 atom stereocenters. The number of aliphatic hydroxyl groups is 1. The third kappa shape index (κ3) is 15.7. The molecule has 0 saturated carbocycles. The first-order chi connectivity index (χ1) is 21.2. The van der Waals surface area contributed by atoms with Gasteiger partial charge in [0.2, 0.25) is 0 Å². The predicted molar refractivity (Wildman–Crippen MR) is 180 cm³/mol. The van der Waals surface area contributed by atoms with Crippen LogP contribution in [-0.2, 0) is 34.2 Å². The molecule has 0 aliphatic carbocycles. The first-order valence-corrected chi connectivity index (χ1v) is 17.6. The van der Waals surface area contributed by atoms with Gasteiger partial charge >= 0.3 is 74.8 Å². The zero-order chi connectivity index (χ0) is 35.7. The van der Waals surface area contributed by atoms with Crippen LogP contribution in [0.4, 0.5) is 0 Å². The van der Waals surface area contributed by atoms with Gasteiger partial charge in [0, 0.05) is 84.5 Å². The minimum atomic E-state index is -4.89. The second-order valence-corrected chi connectivity index (χ2v) is 13.8. The minimum absolute atomic E-state index is 0. The Balaban J connectivity index is -0.000000376. The largest absolute Gasteiger partial charge is 1.00 e. The van der Waals surface area contributed by atoms with Crippen molar-refractivity contribution in [3.8, 4) is 11.5 Å². The van der Waals surface area contributed by atoms with Crippen molar-refractivity contribution in [3.05, 3.63) is 65.2 Å². The summed E-state index contributed by atoms with van der Waals surface area (Å²) in [6, 6.07) is 12.6. The average Bonchev–Trinajstić information content (AvgIpc) is 2.91. The summed E-state index contributed by atoms with van der Waals surface area (Å²) in [5, 5.41) is 7.00. The van der Waals surface area contributed by atoms with Gasteiger partial charge in [0.1, 0.15) is 17.3 Å². The van der Waals surface area contributed by atoms with E-state index < -0.39 is 27.0 Å². The molecule has 1 aliphatic rings. The summed E-state index contributed by atoms with van der Waals surface area (Å²) in [4.78, 5) is 50.3. The first kappa shape index (κ1) is 58.4. The number of hydrogen-bond acceptors (Lipinski definition) is 11. The van der Waals surface area contributed by atoms with E-state index in [1.807, 2.05) is 33.8 Å². The number of benzene rings is 2. The van der Waals surface area contributed by atoms with Crippen LogP contribution >= 0.6 is 15.6 Å². The first-order valence-electron chi connectivity index (χ1n) is 14.6. The van der Waals surface area contributed by atoms with Gasteiger partial charge in [0.15, 0.2) is 5.60 Å². The second-order valence-electron chi connectivity index (χ2n) is 11.6. The fraction of sp³-hybridized carbons (Fsp3) is 0.548. The monoisotopic (exact) mass is 782 g/mol. The molecular weight excluding hydrogens is 734 g/mol. The maximum absolute atomic E-state index is 10.9. The summed E-state index contributed by atoms with van der Waals surface area (Å²) in [6.45, 7) is 16.3. The molecule has 3 rings (SSSR count). The fourth-order valence-corrected chi connectivity index (χ4v) is 6.49. The third-order valence-corrected chi connectivity index (χ3v) is 8.16. The van der Waals surface area contributed by atoms with E-state index in [0.717, 1.165) is 12.7 Å². The molecule has 0 spiro atoms. The smallest absolute Gasteiger partial charge is 0.746 e. The Hall–Kier alpha value is 1.72. The molecule has 2 radical (unpaired) electrons. The van der Waals surface area contributed by atoms with Crippen LogP contribution in [-0.4, -0.2) is 101 Å². The summed E-state index contributed by atoms with van der Waals surface area (Å²) in [7, 11) is -5.63. The molecule has 3 unspecified atom stereocenters. The van der Waals surface area contributed by atoms with Crippen molar-refractivity contribution in [2.24, 2.45) is 23.7 Å². The minimum Gasteiger partial charge on any atom is -0.746 e. The normalized spacial score (nSPS) is 17.9. The summed E-state index contributed by atoms with van der Waals surface area (Å²) in [5.41, 5.74) is 1.63. The van der Waals surface area contributed by atoms with E-state index >= 15 is 0 Å². The molecule has 13 nitrogen and oxygen atoms in total. The molecule has 2 aromatic rings. The Morgan fingerprint density at radius 1 is 0.740 bits per heavy atom. The van der Waals surface area contributed by atoms with Crippen LogP contribution in [0, 0.1) is 23.7 Å². The summed E-state index contributed by atoms with van der Waals surface area (Å²) >= 11 is 0. The van der Waals surface area contributed by atoms with Crippen LogP contribution in [0.15, 0.2) is 54.1 Å². The van der Waals surface area contributed by atoms with Gasteiger partial charge in [-0.2, -0.15) is 4.89 Å². The Morgan fingerprint density at radius 2 is 1.16 bits per heavy atom. The molecule has 19 heteroatoms. The maximum atomic E-state index is 10.9. The van der Waals surface area contributed by atoms with Gasteiger partial charge < -0.3 is 43.2 Å². The number of phosphoric acid groups is 2. The van der Waals surface area contributed by atoms with E-state index in [2.05, 4.69) is 36.7 Å². The SMILES string of the molecule is CO.COC(=C(C(C)C)C(C)C)c1cccc(OP(=O)([O-])O)c1.COC1(c2cccc(OP(=O)([O-])O)c2)OOC1(C(C)C)C(C)C.[Na+].[Na+].[Na].[Na]. The Morgan fingerprint density at radius 3 is 1.48 bits per heavy atom. The second kappa shape index (κ2) is 25.8. The van der Waals surface area contributed by atoms with Crippen LogP contribution < -0.4 is 77.9 Å². The van der Waals surface area contributed by atoms with Crippen molar-refractivity contribution in [1.82, 2.24) is 0 Å².